The molecule has 0 aliphatic heterocycles. The first-order valence-corrected chi connectivity index (χ1v) is 6.57. The van der Waals surface area contributed by atoms with Crippen LogP contribution in [0.4, 0.5) is 5.69 Å². The standard InChI is InChI=1S/C12H17N5O4/c1-2-11-5-14-12(21-11)6-13-4-10(18)8-16-7-9(3-15-16)17(19)20/h3,5,7,10,13,18H,2,4,6,8H2,1H3. The zero-order chi connectivity index (χ0) is 15.2. The summed E-state index contributed by atoms with van der Waals surface area (Å²) in [5.74, 6) is 1.38. The summed E-state index contributed by atoms with van der Waals surface area (Å²) in [5, 5.41) is 27.2. The maximum atomic E-state index is 10.5. The van der Waals surface area contributed by atoms with Crippen molar-refractivity contribution < 1.29 is 14.4 Å². The van der Waals surface area contributed by atoms with Crippen molar-refractivity contribution in [3.05, 3.63) is 40.4 Å². The summed E-state index contributed by atoms with van der Waals surface area (Å²) in [6.07, 6.45) is 4.18. The van der Waals surface area contributed by atoms with Crippen LogP contribution in [-0.2, 0) is 19.5 Å². The normalized spacial score (nSPS) is 12.5. The molecule has 1 atom stereocenters. The molecule has 0 fully saturated rings. The van der Waals surface area contributed by atoms with Gasteiger partial charge in [0.05, 0.1) is 30.3 Å². The molecule has 0 saturated carbocycles. The largest absolute Gasteiger partial charge is 0.444 e. The fourth-order valence-electron chi connectivity index (χ4n) is 1.77. The molecular formula is C12H17N5O4. The molecule has 2 heterocycles. The van der Waals surface area contributed by atoms with Crippen LogP contribution in [-0.4, -0.2) is 37.4 Å². The Balaban J connectivity index is 1.73. The van der Waals surface area contributed by atoms with Gasteiger partial charge in [0.2, 0.25) is 5.89 Å². The SMILES string of the molecule is CCc1cnc(CNCC(O)Cn2cc([N+](=O)[O-])cn2)o1. The van der Waals surface area contributed by atoms with Gasteiger partial charge in [-0.15, -0.1) is 0 Å². The number of aromatic nitrogens is 3. The summed E-state index contributed by atoms with van der Waals surface area (Å²) in [6.45, 7) is 2.87. The summed E-state index contributed by atoms with van der Waals surface area (Å²) in [4.78, 5) is 14.1. The van der Waals surface area contributed by atoms with Gasteiger partial charge in [-0.25, -0.2) is 4.98 Å². The van der Waals surface area contributed by atoms with E-state index in [0.29, 0.717) is 19.0 Å². The number of nitrogens with zero attached hydrogens (tertiary/aromatic N) is 4. The van der Waals surface area contributed by atoms with Gasteiger partial charge in [-0.05, 0) is 0 Å². The second-order valence-corrected chi connectivity index (χ2v) is 4.54. The maximum absolute atomic E-state index is 10.5. The molecule has 0 aliphatic rings. The van der Waals surface area contributed by atoms with Crippen molar-refractivity contribution in [1.82, 2.24) is 20.1 Å². The third-order valence-electron chi connectivity index (χ3n) is 2.83. The molecule has 2 rings (SSSR count). The van der Waals surface area contributed by atoms with Gasteiger partial charge in [0, 0.05) is 13.0 Å². The summed E-state index contributed by atoms with van der Waals surface area (Å²) >= 11 is 0. The average Bonchev–Trinajstić information content (AvgIpc) is 3.07. The Bertz CT molecular complexity index is 594. The van der Waals surface area contributed by atoms with E-state index < -0.39 is 11.0 Å². The number of aliphatic hydroxyl groups is 1. The molecule has 2 aromatic heterocycles. The minimum atomic E-state index is -0.717. The molecule has 0 bridgehead atoms. The first kappa shape index (κ1) is 15.1. The van der Waals surface area contributed by atoms with Crippen LogP contribution in [0, 0.1) is 10.1 Å². The van der Waals surface area contributed by atoms with Crippen LogP contribution in [0.5, 0.6) is 0 Å². The van der Waals surface area contributed by atoms with E-state index in [4.69, 9.17) is 4.42 Å². The van der Waals surface area contributed by atoms with Gasteiger partial charge in [-0.2, -0.15) is 5.10 Å². The Morgan fingerprint density at radius 3 is 3.00 bits per heavy atom. The lowest BCUT2D eigenvalue weighted by molar-refractivity contribution is -0.385. The smallest absolute Gasteiger partial charge is 0.306 e. The molecule has 2 N–H and O–H groups in total. The number of oxazole rings is 1. The zero-order valence-corrected chi connectivity index (χ0v) is 11.6. The molecular weight excluding hydrogens is 278 g/mol. The molecule has 0 amide bonds. The van der Waals surface area contributed by atoms with Crippen LogP contribution < -0.4 is 5.32 Å². The molecule has 9 nitrogen and oxygen atoms in total. The second kappa shape index (κ2) is 6.95. The van der Waals surface area contributed by atoms with Crippen molar-refractivity contribution in [2.24, 2.45) is 0 Å². The minimum Gasteiger partial charge on any atom is -0.444 e. The Labute approximate surface area is 120 Å². The van der Waals surface area contributed by atoms with Gasteiger partial charge >= 0.3 is 5.69 Å². The van der Waals surface area contributed by atoms with Crippen LogP contribution in [0.3, 0.4) is 0 Å². The number of rotatable bonds is 8. The Hall–Kier alpha value is -2.26. The van der Waals surface area contributed by atoms with E-state index in [0.717, 1.165) is 18.4 Å². The number of aryl methyl sites for hydroxylation is 1. The Morgan fingerprint density at radius 2 is 2.38 bits per heavy atom. The molecule has 0 aliphatic carbocycles. The van der Waals surface area contributed by atoms with Crippen LogP contribution in [0.15, 0.2) is 23.0 Å². The fraction of sp³-hybridized carbons (Fsp3) is 0.500. The first-order chi connectivity index (χ1) is 10.1. The van der Waals surface area contributed by atoms with Gasteiger partial charge in [-0.1, -0.05) is 6.92 Å². The third kappa shape index (κ3) is 4.36. The van der Waals surface area contributed by atoms with Crippen LogP contribution in [0.25, 0.3) is 0 Å². The lowest BCUT2D eigenvalue weighted by Gasteiger charge is -2.10. The molecule has 2 aromatic rings. The van der Waals surface area contributed by atoms with Gasteiger partial charge in [-0.3, -0.25) is 14.8 Å². The highest BCUT2D eigenvalue weighted by molar-refractivity contribution is 5.20. The van der Waals surface area contributed by atoms with Crippen molar-refractivity contribution in [2.75, 3.05) is 6.54 Å². The highest BCUT2D eigenvalue weighted by Gasteiger charge is 2.12. The number of aliphatic hydroxyl groups excluding tert-OH is 1. The molecule has 0 spiro atoms. The molecule has 21 heavy (non-hydrogen) atoms. The van der Waals surface area contributed by atoms with Gasteiger partial charge < -0.3 is 14.8 Å². The van der Waals surface area contributed by atoms with E-state index in [1.165, 1.54) is 10.9 Å². The molecule has 114 valence electrons. The average molecular weight is 295 g/mol. The topological polar surface area (TPSA) is 119 Å². The first-order valence-electron chi connectivity index (χ1n) is 6.57. The number of nitrogens with one attached hydrogen (secondary N) is 1. The summed E-state index contributed by atoms with van der Waals surface area (Å²) < 4.78 is 6.75. The highest BCUT2D eigenvalue weighted by atomic mass is 16.6. The van der Waals surface area contributed by atoms with Crippen LogP contribution in [0.1, 0.15) is 18.6 Å². The molecule has 0 radical (unpaired) electrons. The van der Waals surface area contributed by atoms with Crippen LogP contribution >= 0.6 is 0 Å². The van der Waals surface area contributed by atoms with Crippen molar-refractivity contribution in [2.45, 2.75) is 32.5 Å². The number of hydrogen-bond acceptors (Lipinski definition) is 7. The number of hydrogen-bond donors (Lipinski definition) is 2. The van der Waals surface area contributed by atoms with E-state index in [-0.39, 0.29) is 12.2 Å². The van der Waals surface area contributed by atoms with Gasteiger partial charge in [0.1, 0.15) is 18.2 Å². The lowest BCUT2D eigenvalue weighted by Crippen LogP contribution is -2.30. The molecule has 9 heteroatoms. The van der Waals surface area contributed by atoms with E-state index in [1.54, 1.807) is 6.20 Å². The summed E-state index contributed by atoms with van der Waals surface area (Å²) in [7, 11) is 0. The number of nitro groups is 1. The predicted molar refractivity (Wildman–Crippen MR) is 72.5 cm³/mol. The molecule has 0 aromatic carbocycles. The Morgan fingerprint density at radius 1 is 1.57 bits per heavy atom. The quantitative estimate of drug-likeness (QED) is 0.537. The van der Waals surface area contributed by atoms with E-state index >= 15 is 0 Å². The van der Waals surface area contributed by atoms with Crippen molar-refractivity contribution in [3.63, 3.8) is 0 Å². The zero-order valence-electron chi connectivity index (χ0n) is 11.6. The predicted octanol–water partition coefficient (Wildman–Crippen LogP) is 0.492. The maximum Gasteiger partial charge on any atom is 0.306 e. The second-order valence-electron chi connectivity index (χ2n) is 4.54. The van der Waals surface area contributed by atoms with Gasteiger partial charge in [0.25, 0.3) is 0 Å². The van der Waals surface area contributed by atoms with Crippen molar-refractivity contribution in [3.8, 4) is 0 Å². The third-order valence-corrected chi connectivity index (χ3v) is 2.83. The molecule has 1 unspecified atom stereocenters. The van der Waals surface area contributed by atoms with Crippen molar-refractivity contribution >= 4 is 5.69 Å². The fourth-order valence-corrected chi connectivity index (χ4v) is 1.77. The minimum absolute atomic E-state index is 0.0953. The summed E-state index contributed by atoms with van der Waals surface area (Å²) in [5.41, 5.74) is -0.0953. The van der Waals surface area contributed by atoms with E-state index in [1.807, 2.05) is 6.92 Å². The van der Waals surface area contributed by atoms with Gasteiger partial charge in [0.15, 0.2) is 0 Å². The monoisotopic (exact) mass is 295 g/mol. The van der Waals surface area contributed by atoms with Crippen LogP contribution in [0.2, 0.25) is 0 Å². The van der Waals surface area contributed by atoms with E-state index in [9.17, 15) is 15.2 Å². The van der Waals surface area contributed by atoms with E-state index in [2.05, 4.69) is 15.4 Å². The highest BCUT2D eigenvalue weighted by Crippen LogP contribution is 2.08. The summed E-state index contributed by atoms with van der Waals surface area (Å²) in [6, 6.07) is 0. The Kier molecular flexibility index (Phi) is 5.01. The van der Waals surface area contributed by atoms with Crippen molar-refractivity contribution in [1.29, 1.82) is 0 Å². The molecule has 0 saturated heterocycles. The lowest BCUT2D eigenvalue weighted by atomic mass is 10.3.